The lowest BCUT2D eigenvalue weighted by Crippen LogP contribution is -2.32. The van der Waals surface area contributed by atoms with Crippen molar-refractivity contribution in [3.63, 3.8) is 0 Å². The number of carbonyl (C=O) groups is 1. The third kappa shape index (κ3) is 3.72. The number of methoxy groups -OCH3 is 1. The number of hydrogen-bond acceptors (Lipinski definition) is 4. The van der Waals surface area contributed by atoms with E-state index in [-0.39, 0.29) is 12.0 Å². The summed E-state index contributed by atoms with van der Waals surface area (Å²) in [6.45, 7) is 4.19. The van der Waals surface area contributed by atoms with Crippen LogP contribution in [0.1, 0.15) is 49.5 Å². The number of carboxylic acids is 1. The van der Waals surface area contributed by atoms with Gasteiger partial charge in [-0.3, -0.25) is 14.4 Å². The van der Waals surface area contributed by atoms with E-state index < -0.39 is 5.97 Å². The smallest absolute Gasteiger partial charge is 0.306 e. The van der Waals surface area contributed by atoms with Crippen molar-refractivity contribution >= 4 is 5.97 Å². The van der Waals surface area contributed by atoms with Gasteiger partial charge < -0.3 is 9.84 Å². The summed E-state index contributed by atoms with van der Waals surface area (Å²) in [5.41, 5.74) is 2.38. The van der Waals surface area contributed by atoms with Crippen LogP contribution in [0.25, 0.3) is 0 Å². The van der Waals surface area contributed by atoms with Gasteiger partial charge in [0.1, 0.15) is 5.75 Å². The molecule has 4 rings (SSSR count). The Morgan fingerprint density at radius 2 is 1.96 bits per heavy atom. The standard InChI is InChI=1S/C21H27N3O3/c1-14-9-20(15-3-5-19(27-2)6-4-15)23(12-14)13-17-7-8-24(22-17)18-10-16(11-18)21(25)26/h3-8,14,16,18,20H,9-13H2,1-2H3,(H,25,26). The van der Waals surface area contributed by atoms with Crippen LogP contribution in [-0.4, -0.2) is 39.4 Å². The number of carboxylic acid groups (broad SMARTS) is 1. The van der Waals surface area contributed by atoms with Gasteiger partial charge >= 0.3 is 5.97 Å². The summed E-state index contributed by atoms with van der Waals surface area (Å²) >= 11 is 0. The maximum atomic E-state index is 11.0. The number of ether oxygens (including phenoxy) is 1. The predicted molar refractivity (Wildman–Crippen MR) is 102 cm³/mol. The summed E-state index contributed by atoms with van der Waals surface area (Å²) in [4.78, 5) is 13.5. The molecule has 2 aliphatic rings. The zero-order valence-electron chi connectivity index (χ0n) is 15.9. The molecule has 2 atom stereocenters. The molecule has 6 heteroatoms. The molecule has 2 heterocycles. The number of aliphatic carboxylic acids is 1. The highest BCUT2D eigenvalue weighted by atomic mass is 16.5. The molecular formula is C21H27N3O3. The lowest BCUT2D eigenvalue weighted by Gasteiger charge is -2.32. The quantitative estimate of drug-likeness (QED) is 0.844. The van der Waals surface area contributed by atoms with Crippen LogP contribution >= 0.6 is 0 Å². The van der Waals surface area contributed by atoms with Gasteiger partial charge in [0.05, 0.1) is 24.8 Å². The summed E-state index contributed by atoms with van der Waals surface area (Å²) in [5.74, 6) is 0.644. The fraction of sp³-hybridized carbons (Fsp3) is 0.524. The topological polar surface area (TPSA) is 67.6 Å². The molecule has 1 aliphatic carbocycles. The Morgan fingerprint density at radius 3 is 2.63 bits per heavy atom. The van der Waals surface area contributed by atoms with Crippen molar-refractivity contribution in [3.8, 4) is 5.75 Å². The molecule has 0 spiro atoms. The summed E-state index contributed by atoms with van der Waals surface area (Å²) in [6.07, 6.45) is 4.52. The van der Waals surface area contributed by atoms with Crippen LogP contribution in [-0.2, 0) is 11.3 Å². The molecular weight excluding hydrogens is 342 g/mol. The van der Waals surface area contributed by atoms with E-state index in [0.717, 1.165) is 31.0 Å². The molecule has 0 amide bonds. The Balaban J connectivity index is 1.42. The number of aromatic nitrogens is 2. The molecule has 1 saturated heterocycles. The normalized spacial score (nSPS) is 28.1. The Kier molecular flexibility index (Phi) is 4.91. The molecule has 2 unspecified atom stereocenters. The maximum Gasteiger partial charge on any atom is 0.306 e. The molecule has 144 valence electrons. The minimum absolute atomic E-state index is 0.207. The van der Waals surface area contributed by atoms with E-state index in [1.165, 1.54) is 5.56 Å². The highest BCUT2D eigenvalue weighted by molar-refractivity contribution is 5.71. The van der Waals surface area contributed by atoms with Crippen molar-refractivity contribution in [1.82, 2.24) is 14.7 Å². The zero-order chi connectivity index (χ0) is 19.0. The van der Waals surface area contributed by atoms with Gasteiger partial charge in [0.15, 0.2) is 0 Å². The van der Waals surface area contributed by atoms with E-state index in [1.807, 2.05) is 23.0 Å². The first kappa shape index (κ1) is 18.0. The van der Waals surface area contributed by atoms with Gasteiger partial charge in [0.25, 0.3) is 0 Å². The van der Waals surface area contributed by atoms with E-state index in [4.69, 9.17) is 14.9 Å². The highest BCUT2D eigenvalue weighted by Gasteiger charge is 2.36. The lowest BCUT2D eigenvalue weighted by molar-refractivity contribution is -0.146. The first-order valence-electron chi connectivity index (χ1n) is 9.68. The third-order valence-corrected chi connectivity index (χ3v) is 5.98. The van der Waals surface area contributed by atoms with Gasteiger partial charge in [-0.05, 0) is 48.9 Å². The molecule has 1 aromatic carbocycles. The van der Waals surface area contributed by atoms with Gasteiger partial charge in [-0.15, -0.1) is 0 Å². The predicted octanol–water partition coefficient (Wildman–Crippen LogP) is 3.51. The molecule has 2 fully saturated rings. The fourth-order valence-corrected chi connectivity index (χ4v) is 4.36. The summed E-state index contributed by atoms with van der Waals surface area (Å²) < 4.78 is 7.23. The second-order valence-electron chi connectivity index (χ2n) is 8.01. The van der Waals surface area contributed by atoms with Gasteiger partial charge in [0, 0.05) is 25.3 Å². The van der Waals surface area contributed by atoms with E-state index in [1.54, 1.807) is 7.11 Å². The van der Waals surface area contributed by atoms with Crippen molar-refractivity contribution in [1.29, 1.82) is 0 Å². The minimum Gasteiger partial charge on any atom is -0.497 e. The van der Waals surface area contributed by atoms with Crippen LogP contribution < -0.4 is 4.74 Å². The third-order valence-electron chi connectivity index (χ3n) is 5.98. The highest BCUT2D eigenvalue weighted by Crippen LogP contribution is 2.39. The SMILES string of the molecule is COc1ccc(C2CC(C)CN2Cc2ccn(C3CC(C(=O)O)C3)n2)cc1. The van der Waals surface area contributed by atoms with Crippen molar-refractivity contribution in [2.45, 2.75) is 44.8 Å². The summed E-state index contributed by atoms with van der Waals surface area (Å²) in [5, 5.41) is 13.8. The molecule has 1 aromatic heterocycles. The number of nitrogens with zero attached hydrogens (tertiary/aromatic N) is 3. The Bertz CT molecular complexity index is 795. The summed E-state index contributed by atoms with van der Waals surface area (Å²) in [7, 11) is 1.69. The molecule has 0 bridgehead atoms. The number of hydrogen-bond donors (Lipinski definition) is 1. The Morgan fingerprint density at radius 1 is 1.22 bits per heavy atom. The Labute approximate surface area is 159 Å². The largest absolute Gasteiger partial charge is 0.497 e. The molecule has 0 radical (unpaired) electrons. The van der Waals surface area contributed by atoms with Crippen LogP contribution in [0.4, 0.5) is 0 Å². The molecule has 1 N–H and O–H groups in total. The zero-order valence-corrected chi connectivity index (χ0v) is 15.9. The van der Waals surface area contributed by atoms with E-state index in [9.17, 15) is 4.79 Å². The second-order valence-corrected chi connectivity index (χ2v) is 8.01. The molecule has 6 nitrogen and oxygen atoms in total. The van der Waals surface area contributed by atoms with Gasteiger partial charge in [-0.25, -0.2) is 0 Å². The average molecular weight is 369 g/mol. The van der Waals surface area contributed by atoms with Crippen LogP contribution in [0.5, 0.6) is 5.75 Å². The van der Waals surface area contributed by atoms with E-state index in [2.05, 4.69) is 30.0 Å². The molecule has 2 aromatic rings. The van der Waals surface area contributed by atoms with Crippen LogP contribution in [0.15, 0.2) is 36.5 Å². The van der Waals surface area contributed by atoms with Gasteiger partial charge in [-0.1, -0.05) is 19.1 Å². The van der Waals surface area contributed by atoms with Crippen LogP contribution in [0.3, 0.4) is 0 Å². The monoisotopic (exact) mass is 369 g/mol. The van der Waals surface area contributed by atoms with Gasteiger partial charge in [0.2, 0.25) is 0 Å². The maximum absolute atomic E-state index is 11.0. The first-order chi connectivity index (χ1) is 13.0. The Hall–Kier alpha value is -2.34. The number of rotatable bonds is 6. The first-order valence-corrected chi connectivity index (χ1v) is 9.68. The lowest BCUT2D eigenvalue weighted by atomic mass is 9.80. The molecule has 27 heavy (non-hydrogen) atoms. The minimum atomic E-state index is -0.688. The van der Waals surface area contributed by atoms with Gasteiger partial charge in [-0.2, -0.15) is 5.10 Å². The average Bonchev–Trinajstić information content (AvgIpc) is 3.20. The number of benzene rings is 1. The van der Waals surface area contributed by atoms with Crippen molar-refractivity contribution < 1.29 is 14.6 Å². The number of likely N-dealkylation sites (tertiary alicyclic amines) is 1. The van der Waals surface area contributed by atoms with Crippen molar-refractivity contribution in [2.75, 3.05) is 13.7 Å². The van der Waals surface area contributed by atoms with Crippen molar-refractivity contribution in [2.24, 2.45) is 11.8 Å². The van der Waals surface area contributed by atoms with Crippen molar-refractivity contribution in [3.05, 3.63) is 47.8 Å². The summed E-state index contributed by atoms with van der Waals surface area (Å²) in [6, 6.07) is 11.1. The fourth-order valence-electron chi connectivity index (χ4n) is 4.36. The molecule has 1 saturated carbocycles. The van der Waals surface area contributed by atoms with E-state index >= 15 is 0 Å². The van der Waals surface area contributed by atoms with E-state index in [0.29, 0.717) is 24.8 Å². The van der Waals surface area contributed by atoms with Crippen LogP contribution in [0.2, 0.25) is 0 Å². The second kappa shape index (κ2) is 7.35. The van der Waals surface area contributed by atoms with Crippen LogP contribution in [0, 0.1) is 11.8 Å². The molecule has 1 aliphatic heterocycles.